The molecule has 2 aromatic carbocycles. The first-order chi connectivity index (χ1) is 17.0. The third-order valence-corrected chi connectivity index (χ3v) is 7.03. The number of aryl methyl sites for hydroxylation is 3. The second-order valence-corrected chi connectivity index (χ2v) is 9.91. The zero-order valence-electron chi connectivity index (χ0n) is 19.7. The number of aromatic nitrogens is 2. The molecule has 1 N–H and O–H groups in total. The van der Waals surface area contributed by atoms with Crippen LogP contribution < -0.4 is 5.32 Å². The van der Waals surface area contributed by atoms with Crippen molar-refractivity contribution in [2.75, 3.05) is 6.54 Å². The minimum absolute atomic E-state index is 0.0855. The third kappa shape index (κ3) is 5.69. The van der Waals surface area contributed by atoms with Crippen LogP contribution in [0.4, 0.5) is 22.0 Å². The van der Waals surface area contributed by atoms with E-state index in [4.69, 9.17) is 0 Å². The van der Waals surface area contributed by atoms with E-state index in [0.29, 0.717) is 29.7 Å². The lowest BCUT2D eigenvalue weighted by molar-refractivity contribution is -0.137. The summed E-state index contributed by atoms with van der Waals surface area (Å²) in [6.45, 7) is 2.46. The summed E-state index contributed by atoms with van der Waals surface area (Å²) in [6.07, 6.45) is -1.79. The molecular weight excluding hydrogens is 497 g/mol. The van der Waals surface area contributed by atoms with E-state index in [-0.39, 0.29) is 21.0 Å². The van der Waals surface area contributed by atoms with Crippen LogP contribution >= 0.6 is 11.8 Å². The molecule has 1 aliphatic carbocycles. The fourth-order valence-corrected chi connectivity index (χ4v) is 5.26. The number of nitrogens with zero attached hydrogens (tertiary/aromatic N) is 2. The molecule has 0 radical (unpaired) electrons. The minimum Gasteiger partial charge on any atom is -0.346 e. The third-order valence-electron chi connectivity index (χ3n) is 6.07. The number of alkyl halides is 5. The highest BCUT2D eigenvalue weighted by Gasteiger charge is 2.35. The highest BCUT2D eigenvalue weighted by Crippen LogP contribution is 2.37. The number of amides is 1. The highest BCUT2D eigenvalue weighted by molar-refractivity contribution is 7.99. The monoisotopic (exact) mass is 521 g/mol. The molecule has 190 valence electrons. The number of halogens is 5. The Morgan fingerprint density at radius 3 is 2.47 bits per heavy atom. The number of nitrogens with one attached hydrogen (secondary N) is 1. The van der Waals surface area contributed by atoms with Gasteiger partial charge in [-0.1, -0.05) is 41.6 Å². The second kappa shape index (κ2) is 10.2. The Kier molecular flexibility index (Phi) is 7.36. The number of carbonyl (C=O) groups is 1. The van der Waals surface area contributed by atoms with Crippen LogP contribution in [0.25, 0.3) is 0 Å². The molecule has 1 heterocycles. The quantitative estimate of drug-likeness (QED) is 0.369. The van der Waals surface area contributed by atoms with Gasteiger partial charge in [0.15, 0.2) is 0 Å². The summed E-state index contributed by atoms with van der Waals surface area (Å²) < 4.78 is 69.5. The van der Waals surface area contributed by atoms with Crippen LogP contribution in [0, 0.1) is 13.8 Å². The lowest BCUT2D eigenvalue weighted by Gasteiger charge is -2.22. The molecule has 10 heteroatoms. The molecule has 0 unspecified atom stereocenters. The number of rotatable bonds is 6. The van der Waals surface area contributed by atoms with Gasteiger partial charge in [-0.05, 0) is 68.9 Å². The summed E-state index contributed by atoms with van der Waals surface area (Å²) in [5, 5.41) is 10.7. The van der Waals surface area contributed by atoms with Gasteiger partial charge in [-0.3, -0.25) is 4.79 Å². The lowest BCUT2D eigenvalue weighted by Crippen LogP contribution is -2.36. The Hall–Kier alpha value is -3.01. The van der Waals surface area contributed by atoms with E-state index in [9.17, 15) is 18.0 Å². The van der Waals surface area contributed by atoms with E-state index in [1.165, 1.54) is 18.2 Å². The van der Waals surface area contributed by atoms with Crippen LogP contribution in [0.1, 0.15) is 56.7 Å². The molecule has 0 saturated heterocycles. The van der Waals surface area contributed by atoms with Crippen molar-refractivity contribution < 1.29 is 26.7 Å². The first kappa shape index (κ1) is 26.1. The highest BCUT2D eigenvalue weighted by atomic mass is 32.2. The molecule has 1 aromatic heterocycles. The summed E-state index contributed by atoms with van der Waals surface area (Å²) >= 11 is 0.857. The topological polar surface area (TPSA) is 54.9 Å². The Morgan fingerprint density at radius 1 is 1.00 bits per heavy atom. The standard InChI is InChI=1S/C26H24F5N3OS/c1-15-10-11-20(16(2)12-15)25(27,28)14-32-23(35)22-19-8-3-4-9-21(19)33-34-24(22)36-18-7-5-6-17(13-18)26(29,30)31/h5-7,10-13H,3-4,8-9,14H2,1-2H3,(H,32,35). The van der Waals surface area contributed by atoms with Gasteiger partial charge in [-0.15, -0.1) is 5.10 Å². The van der Waals surface area contributed by atoms with Gasteiger partial charge in [-0.2, -0.15) is 27.1 Å². The fourth-order valence-electron chi connectivity index (χ4n) is 4.31. The number of fused-ring (bicyclic) bond motifs is 1. The summed E-state index contributed by atoms with van der Waals surface area (Å²) in [4.78, 5) is 13.5. The Labute approximate surface area is 209 Å². The van der Waals surface area contributed by atoms with Crippen molar-refractivity contribution in [3.05, 3.63) is 81.5 Å². The Balaban J connectivity index is 1.64. The van der Waals surface area contributed by atoms with Crippen molar-refractivity contribution in [1.82, 2.24) is 15.5 Å². The van der Waals surface area contributed by atoms with E-state index in [0.717, 1.165) is 42.3 Å². The summed E-state index contributed by atoms with van der Waals surface area (Å²) in [7, 11) is 0. The summed E-state index contributed by atoms with van der Waals surface area (Å²) in [6, 6.07) is 9.23. The molecule has 0 atom stereocenters. The molecule has 1 amide bonds. The largest absolute Gasteiger partial charge is 0.416 e. The predicted octanol–water partition coefficient (Wildman–Crippen LogP) is 6.66. The molecular formula is C26H24F5N3OS. The molecule has 0 spiro atoms. The Morgan fingerprint density at radius 2 is 1.75 bits per heavy atom. The van der Waals surface area contributed by atoms with Gasteiger partial charge >= 0.3 is 6.18 Å². The van der Waals surface area contributed by atoms with E-state index < -0.39 is 30.1 Å². The molecule has 0 aliphatic heterocycles. The molecule has 0 fully saturated rings. The van der Waals surface area contributed by atoms with E-state index in [1.807, 2.05) is 0 Å². The van der Waals surface area contributed by atoms with Crippen LogP contribution in [-0.4, -0.2) is 22.6 Å². The van der Waals surface area contributed by atoms with E-state index in [1.54, 1.807) is 26.0 Å². The van der Waals surface area contributed by atoms with Gasteiger partial charge in [-0.25, -0.2) is 0 Å². The fraction of sp³-hybridized carbons (Fsp3) is 0.346. The Bertz CT molecular complexity index is 1290. The SMILES string of the molecule is Cc1ccc(C(F)(F)CNC(=O)c2c(Sc3cccc(C(F)(F)F)c3)nnc3c2CCCC3)c(C)c1. The van der Waals surface area contributed by atoms with E-state index in [2.05, 4.69) is 15.5 Å². The van der Waals surface area contributed by atoms with Crippen LogP contribution in [0.15, 0.2) is 52.4 Å². The number of hydrogen-bond donors (Lipinski definition) is 1. The zero-order valence-corrected chi connectivity index (χ0v) is 20.5. The van der Waals surface area contributed by atoms with Crippen molar-refractivity contribution in [3.8, 4) is 0 Å². The van der Waals surface area contributed by atoms with Crippen molar-refractivity contribution in [1.29, 1.82) is 0 Å². The van der Waals surface area contributed by atoms with E-state index >= 15 is 8.78 Å². The minimum atomic E-state index is -4.53. The first-order valence-electron chi connectivity index (χ1n) is 11.4. The van der Waals surface area contributed by atoms with Gasteiger partial charge in [0, 0.05) is 10.5 Å². The normalized spacial score (nSPS) is 13.9. The van der Waals surface area contributed by atoms with Gasteiger partial charge in [0.2, 0.25) is 0 Å². The molecule has 3 aromatic rings. The molecule has 0 saturated carbocycles. The molecule has 4 rings (SSSR count). The lowest BCUT2D eigenvalue weighted by atomic mass is 9.93. The predicted molar refractivity (Wildman–Crippen MR) is 126 cm³/mol. The summed E-state index contributed by atoms with van der Waals surface area (Å²) in [5.74, 6) is -4.07. The van der Waals surface area contributed by atoms with Crippen molar-refractivity contribution in [3.63, 3.8) is 0 Å². The van der Waals surface area contributed by atoms with Crippen molar-refractivity contribution in [2.24, 2.45) is 0 Å². The van der Waals surface area contributed by atoms with Crippen molar-refractivity contribution in [2.45, 2.75) is 61.6 Å². The van der Waals surface area contributed by atoms with Crippen LogP contribution in [-0.2, 0) is 24.9 Å². The molecule has 1 aliphatic rings. The van der Waals surface area contributed by atoms with Gasteiger partial charge in [0.05, 0.1) is 23.4 Å². The number of carbonyl (C=O) groups excluding carboxylic acids is 1. The molecule has 36 heavy (non-hydrogen) atoms. The zero-order chi connectivity index (χ0) is 26.1. The maximum Gasteiger partial charge on any atom is 0.416 e. The van der Waals surface area contributed by atoms with Gasteiger partial charge in [0.25, 0.3) is 11.8 Å². The maximum atomic E-state index is 15.0. The summed E-state index contributed by atoms with van der Waals surface area (Å²) in [5.41, 5.74) is 1.57. The van der Waals surface area contributed by atoms with Gasteiger partial charge in [0.1, 0.15) is 5.03 Å². The smallest absolute Gasteiger partial charge is 0.346 e. The van der Waals surface area contributed by atoms with Crippen LogP contribution in [0.2, 0.25) is 0 Å². The molecule has 4 nitrogen and oxygen atoms in total. The van der Waals surface area contributed by atoms with Crippen LogP contribution in [0.3, 0.4) is 0 Å². The number of benzene rings is 2. The maximum absolute atomic E-state index is 15.0. The van der Waals surface area contributed by atoms with Crippen LogP contribution in [0.5, 0.6) is 0 Å². The number of hydrogen-bond acceptors (Lipinski definition) is 4. The average molecular weight is 522 g/mol. The van der Waals surface area contributed by atoms with Gasteiger partial charge < -0.3 is 5.32 Å². The van der Waals surface area contributed by atoms with Crippen molar-refractivity contribution >= 4 is 17.7 Å². The average Bonchev–Trinajstić information content (AvgIpc) is 2.82. The second-order valence-electron chi connectivity index (χ2n) is 8.85. The first-order valence-corrected chi connectivity index (χ1v) is 12.2. The molecule has 0 bridgehead atoms.